The van der Waals surface area contributed by atoms with Gasteiger partial charge in [0.2, 0.25) is 5.91 Å². The van der Waals surface area contributed by atoms with Gasteiger partial charge in [-0.05, 0) is 24.6 Å². The molecule has 0 radical (unpaired) electrons. The SMILES string of the molecule is CC(O)c1ccc2c(c1)SCC(=O)N2. The molecule has 0 saturated heterocycles. The second kappa shape index (κ2) is 3.63. The molecule has 0 bridgehead atoms. The summed E-state index contributed by atoms with van der Waals surface area (Å²) in [5, 5.41) is 12.2. The maximum absolute atomic E-state index is 11.1. The van der Waals surface area contributed by atoms with E-state index in [-0.39, 0.29) is 5.91 Å². The first kappa shape index (κ1) is 9.55. The number of aliphatic hydroxyl groups excluding tert-OH is 1. The molecule has 2 rings (SSSR count). The van der Waals surface area contributed by atoms with Crippen LogP contribution in [0.15, 0.2) is 23.1 Å². The van der Waals surface area contributed by atoms with Gasteiger partial charge in [0.1, 0.15) is 0 Å². The first-order valence-electron chi connectivity index (χ1n) is 4.41. The standard InChI is InChI=1S/C10H11NO2S/c1-6(12)7-2-3-8-9(4-7)14-5-10(13)11-8/h2-4,6,12H,5H2,1H3,(H,11,13). The summed E-state index contributed by atoms with van der Waals surface area (Å²) in [4.78, 5) is 12.1. The van der Waals surface area contributed by atoms with Crippen LogP contribution in [-0.2, 0) is 4.79 Å². The van der Waals surface area contributed by atoms with Crippen LogP contribution < -0.4 is 5.32 Å². The van der Waals surface area contributed by atoms with Crippen molar-refractivity contribution in [3.05, 3.63) is 23.8 Å². The van der Waals surface area contributed by atoms with Crippen LogP contribution in [0.3, 0.4) is 0 Å². The summed E-state index contributed by atoms with van der Waals surface area (Å²) >= 11 is 1.51. The average molecular weight is 209 g/mol. The Balaban J connectivity index is 2.36. The second-order valence-electron chi connectivity index (χ2n) is 3.27. The topological polar surface area (TPSA) is 49.3 Å². The number of anilines is 1. The van der Waals surface area contributed by atoms with E-state index in [1.54, 1.807) is 6.92 Å². The molecule has 0 saturated carbocycles. The Kier molecular flexibility index (Phi) is 2.48. The van der Waals surface area contributed by atoms with Gasteiger partial charge in [-0.25, -0.2) is 0 Å². The van der Waals surface area contributed by atoms with Crippen molar-refractivity contribution < 1.29 is 9.90 Å². The molecule has 1 heterocycles. The second-order valence-corrected chi connectivity index (χ2v) is 4.29. The first-order valence-corrected chi connectivity index (χ1v) is 5.40. The summed E-state index contributed by atoms with van der Waals surface area (Å²) in [6.07, 6.45) is -0.460. The summed E-state index contributed by atoms with van der Waals surface area (Å²) < 4.78 is 0. The minimum atomic E-state index is -0.460. The Labute approximate surface area is 86.5 Å². The molecule has 0 aliphatic carbocycles. The van der Waals surface area contributed by atoms with E-state index in [0.29, 0.717) is 5.75 Å². The maximum atomic E-state index is 11.1. The lowest BCUT2D eigenvalue weighted by Crippen LogP contribution is -2.18. The van der Waals surface area contributed by atoms with Crippen molar-refractivity contribution in [1.29, 1.82) is 0 Å². The zero-order chi connectivity index (χ0) is 10.1. The minimum absolute atomic E-state index is 0.0345. The molecule has 74 valence electrons. The molecule has 0 fully saturated rings. The van der Waals surface area contributed by atoms with Gasteiger partial charge in [-0.2, -0.15) is 0 Å². The van der Waals surface area contributed by atoms with Crippen molar-refractivity contribution in [2.75, 3.05) is 11.1 Å². The Bertz CT molecular complexity index is 376. The number of carbonyl (C=O) groups is 1. The Morgan fingerprint density at radius 2 is 2.36 bits per heavy atom. The summed E-state index contributed by atoms with van der Waals surface area (Å²) in [6, 6.07) is 5.58. The number of carbonyl (C=O) groups excluding carboxylic acids is 1. The molecule has 14 heavy (non-hydrogen) atoms. The summed E-state index contributed by atoms with van der Waals surface area (Å²) in [5.41, 5.74) is 1.73. The molecule has 1 aliphatic heterocycles. The van der Waals surface area contributed by atoms with Gasteiger partial charge in [0.05, 0.1) is 17.5 Å². The normalized spacial score (nSPS) is 17.1. The highest BCUT2D eigenvalue weighted by atomic mass is 32.2. The predicted octanol–water partition coefficient (Wildman–Crippen LogP) is 1.78. The van der Waals surface area contributed by atoms with Gasteiger partial charge in [0, 0.05) is 4.90 Å². The molecule has 1 unspecified atom stereocenters. The third-order valence-corrected chi connectivity index (χ3v) is 3.18. The molecular weight excluding hydrogens is 198 g/mol. The van der Waals surface area contributed by atoms with Gasteiger partial charge in [-0.3, -0.25) is 4.79 Å². The van der Waals surface area contributed by atoms with Crippen LogP contribution in [0.25, 0.3) is 0 Å². The monoisotopic (exact) mass is 209 g/mol. The molecule has 1 atom stereocenters. The summed E-state index contributed by atoms with van der Waals surface area (Å²) in [5.74, 6) is 0.489. The van der Waals surface area contributed by atoms with Crippen LogP contribution in [0.1, 0.15) is 18.6 Å². The van der Waals surface area contributed by atoms with Crippen molar-refractivity contribution >= 4 is 23.4 Å². The van der Waals surface area contributed by atoms with Gasteiger partial charge in [-0.1, -0.05) is 6.07 Å². The molecule has 3 nitrogen and oxygen atoms in total. The molecule has 0 aromatic heterocycles. The lowest BCUT2D eigenvalue weighted by molar-refractivity contribution is -0.113. The number of thioether (sulfide) groups is 1. The number of rotatable bonds is 1. The Morgan fingerprint density at radius 1 is 1.57 bits per heavy atom. The number of nitrogens with one attached hydrogen (secondary N) is 1. The van der Waals surface area contributed by atoms with E-state index in [2.05, 4.69) is 5.32 Å². The molecular formula is C10H11NO2S. The number of aliphatic hydroxyl groups is 1. The fraction of sp³-hybridized carbons (Fsp3) is 0.300. The predicted molar refractivity (Wildman–Crippen MR) is 56.4 cm³/mol. The molecule has 0 spiro atoms. The van der Waals surface area contributed by atoms with Gasteiger partial charge < -0.3 is 10.4 Å². The van der Waals surface area contributed by atoms with Crippen molar-refractivity contribution in [3.8, 4) is 0 Å². The average Bonchev–Trinajstić information content (AvgIpc) is 2.16. The van der Waals surface area contributed by atoms with Gasteiger partial charge >= 0.3 is 0 Å². The van der Waals surface area contributed by atoms with E-state index < -0.39 is 6.10 Å². The minimum Gasteiger partial charge on any atom is -0.389 e. The van der Waals surface area contributed by atoms with Gasteiger partial charge in [-0.15, -0.1) is 11.8 Å². The van der Waals surface area contributed by atoms with Crippen LogP contribution in [0.5, 0.6) is 0 Å². The third-order valence-electron chi connectivity index (χ3n) is 2.12. The lowest BCUT2D eigenvalue weighted by Gasteiger charge is -2.17. The number of hydrogen-bond donors (Lipinski definition) is 2. The smallest absolute Gasteiger partial charge is 0.234 e. The highest BCUT2D eigenvalue weighted by Crippen LogP contribution is 2.33. The highest BCUT2D eigenvalue weighted by molar-refractivity contribution is 8.00. The van der Waals surface area contributed by atoms with E-state index in [9.17, 15) is 9.90 Å². The fourth-order valence-corrected chi connectivity index (χ4v) is 2.20. The summed E-state index contributed by atoms with van der Waals surface area (Å²) in [6.45, 7) is 1.73. The highest BCUT2D eigenvalue weighted by Gasteiger charge is 2.15. The molecule has 1 aromatic rings. The molecule has 1 aliphatic rings. The van der Waals surface area contributed by atoms with Crippen molar-refractivity contribution in [2.24, 2.45) is 0 Å². The van der Waals surface area contributed by atoms with Crippen LogP contribution in [-0.4, -0.2) is 16.8 Å². The molecule has 4 heteroatoms. The van der Waals surface area contributed by atoms with Crippen LogP contribution in [0.4, 0.5) is 5.69 Å². The van der Waals surface area contributed by atoms with Crippen molar-refractivity contribution in [3.63, 3.8) is 0 Å². The van der Waals surface area contributed by atoms with Crippen LogP contribution in [0.2, 0.25) is 0 Å². The van der Waals surface area contributed by atoms with E-state index in [1.165, 1.54) is 11.8 Å². The zero-order valence-corrected chi connectivity index (χ0v) is 8.60. The number of benzene rings is 1. The lowest BCUT2D eigenvalue weighted by atomic mass is 10.1. The Morgan fingerprint density at radius 3 is 3.07 bits per heavy atom. The largest absolute Gasteiger partial charge is 0.389 e. The van der Waals surface area contributed by atoms with E-state index in [1.807, 2.05) is 18.2 Å². The number of fused-ring (bicyclic) bond motifs is 1. The summed E-state index contributed by atoms with van der Waals surface area (Å²) in [7, 11) is 0. The Hall–Kier alpha value is -1.00. The zero-order valence-electron chi connectivity index (χ0n) is 7.78. The number of amides is 1. The van der Waals surface area contributed by atoms with Crippen LogP contribution in [0, 0.1) is 0 Å². The van der Waals surface area contributed by atoms with Gasteiger partial charge in [0.25, 0.3) is 0 Å². The third kappa shape index (κ3) is 1.76. The van der Waals surface area contributed by atoms with Gasteiger partial charge in [0.15, 0.2) is 0 Å². The van der Waals surface area contributed by atoms with E-state index in [0.717, 1.165) is 16.1 Å². The van der Waals surface area contributed by atoms with Crippen LogP contribution >= 0.6 is 11.8 Å². The van der Waals surface area contributed by atoms with E-state index >= 15 is 0 Å². The fourth-order valence-electron chi connectivity index (χ4n) is 1.35. The maximum Gasteiger partial charge on any atom is 0.234 e. The molecule has 1 aromatic carbocycles. The molecule has 2 N–H and O–H groups in total. The van der Waals surface area contributed by atoms with Crippen molar-refractivity contribution in [2.45, 2.75) is 17.9 Å². The molecule has 1 amide bonds. The quantitative estimate of drug-likeness (QED) is 0.741. The van der Waals surface area contributed by atoms with E-state index in [4.69, 9.17) is 0 Å². The first-order chi connectivity index (χ1) is 6.66. The number of hydrogen-bond acceptors (Lipinski definition) is 3. The van der Waals surface area contributed by atoms with Crippen molar-refractivity contribution in [1.82, 2.24) is 0 Å².